The molecule has 1 amide bonds. The number of carbonyl (C=O) groups is 1. The van der Waals surface area contributed by atoms with E-state index in [9.17, 15) is 9.18 Å². The van der Waals surface area contributed by atoms with Crippen molar-refractivity contribution in [2.45, 2.75) is 11.3 Å². The predicted octanol–water partition coefficient (Wildman–Crippen LogP) is 4.29. The number of anilines is 2. The van der Waals surface area contributed by atoms with Crippen molar-refractivity contribution in [2.24, 2.45) is 0 Å². The number of benzene rings is 2. The molecule has 6 heteroatoms. The van der Waals surface area contributed by atoms with E-state index >= 15 is 0 Å². The van der Waals surface area contributed by atoms with Gasteiger partial charge in [-0.3, -0.25) is 4.79 Å². The minimum Gasteiger partial charge on any atom is -0.398 e. The minimum atomic E-state index is -0.371. The van der Waals surface area contributed by atoms with Gasteiger partial charge in [0.15, 0.2) is 0 Å². The number of hydrogen-bond donors (Lipinski definition) is 2. The van der Waals surface area contributed by atoms with Crippen molar-refractivity contribution in [1.29, 1.82) is 0 Å². The van der Waals surface area contributed by atoms with Crippen LogP contribution in [-0.2, 0) is 4.79 Å². The van der Waals surface area contributed by atoms with Crippen molar-refractivity contribution in [1.82, 2.24) is 0 Å². The lowest BCUT2D eigenvalue weighted by Crippen LogP contribution is -2.12. The minimum absolute atomic E-state index is 0.149. The molecule has 3 N–H and O–H groups in total. The van der Waals surface area contributed by atoms with Gasteiger partial charge in [-0.05, 0) is 36.4 Å². The Balaban J connectivity index is 1.81. The normalized spacial score (nSPS) is 10.4. The Hall–Kier alpha value is -1.53. The molecule has 0 aliphatic heterocycles. The van der Waals surface area contributed by atoms with Crippen LogP contribution in [0.1, 0.15) is 6.42 Å². The number of thioether (sulfide) groups is 1. The number of hydrogen-bond acceptors (Lipinski definition) is 3. The molecule has 2 aromatic rings. The smallest absolute Gasteiger partial charge is 0.225 e. The molecule has 110 valence electrons. The summed E-state index contributed by atoms with van der Waals surface area (Å²) in [5.41, 5.74) is 7.03. The van der Waals surface area contributed by atoms with Crippen LogP contribution in [0.2, 0.25) is 0 Å². The van der Waals surface area contributed by atoms with Crippen molar-refractivity contribution in [3.63, 3.8) is 0 Å². The highest BCUT2D eigenvalue weighted by molar-refractivity contribution is 9.10. The van der Waals surface area contributed by atoms with Crippen LogP contribution in [0.4, 0.5) is 15.8 Å². The standard InChI is InChI=1S/C15H14BrFN2OS/c16-10-4-5-14(13(18)8-10)21-7-6-15(20)19-12-3-1-2-11(17)9-12/h1-5,8-9H,6-7,18H2,(H,19,20). The second-order valence-electron chi connectivity index (χ2n) is 4.34. The maximum Gasteiger partial charge on any atom is 0.225 e. The van der Waals surface area contributed by atoms with E-state index in [-0.39, 0.29) is 11.7 Å². The molecule has 2 rings (SSSR count). The average Bonchev–Trinajstić information content (AvgIpc) is 2.41. The number of amides is 1. The summed E-state index contributed by atoms with van der Waals surface area (Å²) in [6.07, 6.45) is 0.330. The third-order valence-electron chi connectivity index (χ3n) is 2.67. The Morgan fingerprint density at radius 2 is 2.10 bits per heavy atom. The van der Waals surface area contributed by atoms with Crippen molar-refractivity contribution >= 4 is 45.0 Å². The lowest BCUT2D eigenvalue weighted by Gasteiger charge is -2.07. The number of carbonyl (C=O) groups excluding carboxylic acids is 1. The Kier molecular flexibility index (Phi) is 5.64. The Bertz CT molecular complexity index is 651. The number of nitrogen functional groups attached to an aromatic ring is 1. The molecule has 0 heterocycles. The number of nitrogens with two attached hydrogens (primary N) is 1. The molecule has 0 aliphatic carbocycles. The van der Waals surface area contributed by atoms with Gasteiger partial charge >= 0.3 is 0 Å². The van der Waals surface area contributed by atoms with Gasteiger partial charge in [0.1, 0.15) is 5.82 Å². The highest BCUT2D eigenvalue weighted by Gasteiger charge is 2.05. The van der Waals surface area contributed by atoms with Gasteiger partial charge in [-0.1, -0.05) is 22.0 Å². The summed E-state index contributed by atoms with van der Waals surface area (Å²) < 4.78 is 13.9. The third-order valence-corrected chi connectivity index (χ3v) is 4.25. The molecule has 0 saturated heterocycles. The van der Waals surface area contributed by atoms with E-state index in [0.717, 1.165) is 9.37 Å². The fraction of sp³-hybridized carbons (Fsp3) is 0.133. The molecule has 0 fully saturated rings. The van der Waals surface area contributed by atoms with Crippen molar-refractivity contribution in [3.05, 3.63) is 52.8 Å². The van der Waals surface area contributed by atoms with Crippen LogP contribution in [0.5, 0.6) is 0 Å². The van der Waals surface area contributed by atoms with Crippen LogP contribution >= 0.6 is 27.7 Å². The average molecular weight is 369 g/mol. The fourth-order valence-electron chi connectivity index (χ4n) is 1.69. The van der Waals surface area contributed by atoms with Crippen LogP contribution in [0.3, 0.4) is 0 Å². The zero-order chi connectivity index (χ0) is 15.2. The first-order valence-electron chi connectivity index (χ1n) is 6.28. The lowest BCUT2D eigenvalue weighted by molar-refractivity contribution is -0.115. The maximum atomic E-state index is 13.0. The molecule has 0 bridgehead atoms. The molecule has 0 atom stereocenters. The van der Waals surface area contributed by atoms with E-state index < -0.39 is 0 Å². The van der Waals surface area contributed by atoms with Crippen molar-refractivity contribution in [3.8, 4) is 0 Å². The van der Waals surface area contributed by atoms with E-state index in [1.165, 1.54) is 23.9 Å². The van der Waals surface area contributed by atoms with Crippen LogP contribution < -0.4 is 11.1 Å². The van der Waals surface area contributed by atoms with Crippen LogP contribution in [-0.4, -0.2) is 11.7 Å². The molecule has 21 heavy (non-hydrogen) atoms. The maximum absolute atomic E-state index is 13.0. The molecule has 0 saturated carbocycles. The lowest BCUT2D eigenvalue weighted by atomic mass is 10.3. The van der Waals surface area contributed by atoms with Gasteiger partial charge in [-0.2, -0.15) is 0 Å². The largest absolute Gasteiger partial charge is 0.398 e. The number of nitrogens with one attached hydrogen (secondary N) is 1. The van der Waals surface area contributed by atoms with Gasteiger partial charge in [0.25, 0.3) is 0 Å². The third kappa shape index (κ3) is 5.06. The van der Waals surface area contributed by atoms with E-state index in [1.54, 1.807) is 12.1 Å². The Labute approximate surface area is 135 Å². The topological polar surface area (TPSA) is 55.1 Å². The zero-order valence-corrected chi connectivity index (χ0v) is 13.5. The van der Waals surface area contributed by atoms with Gasteiger partial charge in [0.2, 0.25) is 5.91 Å². The van der Waals surface area contributed by atoms with E-state index in [1.807, 2.05) is 18.2 Å². The first-order valence-corrected chi connectivity index (χ1v) is 8.06. The Morgan fingerprint density at radius 1 is 1.29 bits per heavy atom. The molecular weight excluding hydrogens is 355 g/mol. The monoisotopic (exact) mass is 368 g/mol. The summed E-state index contributed by atoms with van der Waals surface area (Å²) in [5, 5.41) is 2.66. The first kappa shape index (κ1) is 15.9. The molecule has 2 aromatic carbocycles. The Morgan fingerprint density at radius 3 is 2.81 bits per heavy atom. The SMILES string of the molecule is Nc1cc(Br)ccc1SCCC(=O)Nc1cccc(F)c1. The van der Waals surface area contributed by atoms with Gasteiger partial charge in [0.05, 0.1) is 0 Å². The van der Waals surface area contributed by atoms with Crippen LogP contribution in [0.15, 0.2) is 51.8 Å². The molecule has 0 radical (unpaired) electrons. The predicted molar refractivity (Wildman–Crippen MR) is 88.9 cm³/mol. The highest BCUT2D eigenvalue weighted by Crippen LogP contribution is 2.28. The van der Waals surface area contributed by atoms with Crippen molar-refractivity contribution in [2.75, 3.05) is 16.8 Å². The number of halogens is 2. The highest BCUT2D eigenvalue weighted by atomic mass is 79.9. The van der Waals surface area contributed by atoms with E-state index in [2.05, 4.69) is 21.2 Å². The van der Waals surface area contributed by atoms with Crippen molar-refractivity contribution < 1.29 is 9.18 Å². The molecule has 0 spiro atoms. The zero-order valence-electron chi connectivity index (χ0n) is 11.1. The molecule has 0 aliphatic rings. The quantitative estimate of drug-likeness (QED) is 0.611. The number of rotatable bonds is 5. The van der Waals surface area contributed by atoms with E-state index in [0.29, 0.717) is 23.5 Å². The first-order chi connectivity index (χ1) is 10.0. The summed E-state index contributed by atoms with van der Waals surface area (Å²) in [6.45, 7) is 0. The van der Waals surface area contributed by atoms with E-state index in [4.69, 9.17) is 5.73 Å². The molecule has 0 aromatic heterocycles. The summed E-state index contributed by atoms with van der Waals surface area (Å²) in [5.74, 6) is 0.0843. The molecule has 3 nitrogen and oxygen atoms in total. The van der Waals surface area contributed by atoms with Gasteiger partial charge < -0.3 is 11.1 Å². The second kappa shape index (κ2) is 7.47. The van der Waals surface area contributed by atoms with Crippen LogP contribution in [0.25, 0.3) is 0 Å². The summed E-state index contributed by atoms with van der Waals surface area (Å²) in [7, 11) is 0. The molecular formula is C15H14BrFN2OS. The fourth-order valence-corrected chi connectivity index (χ4v) is 2.97. The van der Waals surface area contributed by atoms with Crippen LogP contribution in [0, 0.1) is 5.82 Å². The van der Waals surface area contributed by atoms with Gasteiger partial charge in [-0.15, -0.1) is 11.8 Å². The van der Waals surface area contributed by atoms with Gasteiger partial charge in [-0.25, -0.2) is 4.39 Å². The molecule has 0 unspecified atom stereocenters. The van der Waals surface area contributed by atoms with Gasteiger partial charge in [0, 0.05) is 32.9 Å². The second-order valence-corrected chi connectivity index (χ2v) is 6.39. The summed E-state index contributed by atoms with van der Waals surface area (Å²) in [4.78, 5) is 12.7. The summed E-state index contributed by atoms with van der Waals surface area (Å²) in [6, 6.07) is 11.5. The summed E-state index contributed by atoms with van der Waals surface area (Å²) >= 11 is 4.86.